The van der Waals surface area contributed by atoms with Crippen molar-refractivity contribution in [3.05, 3.63) is 69.8 Å². The van der Waals surface area contributed by atoms with Gasteiger partial charge in [0.15, 0.2) is 5.78 Å². The van der Waals surface area contributed by atoms with E-state index in [1.54, 1.807) is 44.2 Å². The number of hydrogen-bond acceptors (Lipinski definition) is 7. The van der Waals surface area contributed by atoms with Crippen molar-refractivity contribution in [1.82, 2.24) is 0 Å². The van der Waals surface area contributed by atoms with Crippen molar-refractivity contribution >= 4 is 30.6 Å². The molecule has 1 atom stereocenters. The van der Waals surface area contributed by atoms with Gasteiger partial charge in [-0.3, -0.25) is 24.5 Å². The van der Waals surface area contributed by atoms with Crippen LogP contribution in [0.1, 0.15) is 30.8 Å². The van der Waals surface area contributed by atoms with Gasteiger partial charge < -0.3 is 14.4 Å². The van der Waals surface area contributed by atoms with E-state index in [-0.39, 0.29) is 30.2 Å². The number of anilines is 1. The van der Waals surface area contributed by atoms with Crippen LogP contribution in [0.4, 0.5) is 11.4 Å². The minimum atomic E-state index is -3.77. The Balaban J connectivity index is 2.17. The third kappa shape index (κ3) is 4.27. The number of benzene rings is 2. The lowest BCUT2D eigenvalue weighted by molar-refractivity contribution is -0.384. The predicted octanol–water partition coefficient (Wildman–Crippen LogP) is 4.30. The van der Waals surface area contributed by atoms with Gasteiger partial charge in [0.2, 0.25) is 0 Å². The highest BCUT2D eigenvalue weighted by Crippen LogP contribution is 2.62. The van der Waals surface area contributed by atoms with Crippen LogP contribution < -0.4 is 5.32 Å². The summed E-state index contributed by atoms with van der Waals surface area (Å²) in [7, 11) is -3.77. The van der Waals surface area contributed by atoms with Gasteiger partial charge in [-0.05, 0) is 25.5 Å². The average Bonchev–Trinajstić information content (AvgIpc) is 3.01. The number of hydrogen-bond donors (Lipinski definition) is 1. The number of rotatable bonds is 8. The molecule has 29 heavy (non-hydrogen) atoms. The summed E-state index contributed by atoms with van der Waals surface area (Å²) in [6, 6.07) is 12.7. The minimum Gasteiger partial charge on any atom is -0.320 e. The summed E-state index contributed by atoms with van der Waals surface area (Å²) in [6.07, 6.45) is 0. The van der Waals surface area contributed by atoms with Crippen molar-refractivity contribution in [2.45, 2.75) is 19.6 Å². The van der Waals surface area contributed by atoms with Crippen molar-refractivity contribution < 1.29 is 23.3 Å². The first kappa shape index (κ1) is 20.9. The van der Waals surface area contributed by atoms with E-state index < -0.39 is 24.2 Å². The predicted molar refractivity (Wildman–Crippen MR) is 108 cm³/mol. The average molecular weight is 417 g/mol. The molecule has 1 aliphatic rings. The molecular weight excluding hydrogens is 397 g/mol. The van der Waals surface area contributed by atoms with Crippen molar-refractivity contribution in [3.8, 4) is 0 Å². The molecule has 1 unspecified atom stereocenters. The Morgan fingerprint density at radius 3 is 2.38 bits per heavy atom. The van der Waals surface area contributed by atoms with Crippen molar-refractivity contribution in [2.24, 2.45) is 4.99 Å². The molecule has 2 aromatic carbocycles. The molecule has 0 bridgehead atoms. The molecule has 10 heteroatoms. The van der Waals surface area contributed by atoms with E-state index in [2.05, 4.69) is 10.3 Å². The lowest BCUT2D eigenvalue weighted by atomic mass is 10.1. The molecule has 1 N–H and O–H groups in total. The van der Waals surface area contributed by atoms with Crippen LogP contribution >= 0.6 is 7.60 Å². The van der Waals surface area contributed by atoms with E-state index in [9.17, 15) is 19.5 Å². The third-order valence-corrected chi connectivity index (χ3v) is 6.45. The van der Waals surface area contributed by atoms with E-state index in [1.165, 1.54) is 18.2 Å². The summed E-state index contributed by atoms with van der Waals surface area (Å²) >= 11 is 0. The third-order valence-electron chi connectivity index (χ3n) is 4.20. The number of aliphatic imine (C=N–C) groups is 1. The fourth-order valence-electron chi connectivity index (χ4n) is 3.00. The van der Waals surface area contributed by atoms with Crippen LogP contribution in [-0.2, 0) is 18.4 Å². The number of non-ortho nitro benzene ring substituents is 1. The van der Waals surface area contributed by atoms with Gasteiger partial charge in [-0.15, -0.1) is 0 Å². The number of nitro benzene ring substituents is 1. The summed E-state index contributed by atoms with van der Waals surface area (Å²) < 4.78 is 24.4. The highest BCUT2D eigenvalue weighted by molar-refractivity contribution is 7.54. The fraction of sp³-hybridized carbons (Fsp3) is 0.263. The molecule has 0 fully saturated rings. The summed E-state index contributed by atoms with van der Waals surface area (Å²) in [5.41, 5.74) is 0.967. The van der Waals surface area contributed by atoms with Crippen molar-refractivity contribution in [3.63, 3.8) is 0 Å². The first-order valence-corrected chi connectivity index (χ1v) is 10.6. The zero-order valence-electron chi connectivity index (χ0n) is 15.9. The highest BCUT2D eigenvalue weighted by atomic mass is 31.2. The summed E-state index contributed by atoms with van der Waals surface area (Å²) in [4.78, 5) is 27.6. The Kier molecular flexibility index (Phi) is 6.22. The van der Waals surface area contributed by atoms with Crippen LogP contribution in [-0.4, -0.2) is 29.8 Å². The molecule has 0 radical (unpaired) electrons. The molecule has 1 aliphatic heterocycles. The zero-order chi connectivity index (χ0) is 21.0. The van der Waals surface area contributed by atoms with Crippen LogP contribution in [0.2, 0.25) is 0 Å². The zero-order valence-corrected chi connectivity index (χ0v) is 16.8. The number of carbonyl (C=O) groups is 1. The summed E-state index contributed by atoms with van der Waals surface area (Å²) in [5.74, 6) is -1.64. The second-order valence-electron chi connectivity index (χ2n) is 6.08. The molecule has 2 aromatic rings. The molecule has 3 rings (SSSR count). The highest BCUT2D eigenvalue weighted by Gasteiger charge is 2.39. The standard InChI is InChI=1S/C19H20N3O6P/c1-3-27-29(26,28-4-2)19(13-8-6-5-7-9-13)21-17-15-12-14(22(24)25)10-11-16(15)20-18(17)23/h5-12,19H,3-4H2,1-2H3,(H,20,21,23). The molecule has 0 aliphatic carbocycles. The molecule has 1 heterocycles. The number of fused-ring (bicyclic) bond motifs is 1. The lowest BCUT2D eigenvalue weighted by Gasteiger charge is -2.24. The van der Waals surface area contributed by atoms with Crippen molar-refractivity contribution in [2.75, 3.05) is 18.5 Å². The van der Waals surface area contributed by atoms with Gasteiger partial charge in [0.25, 0.3) is 11.6 Å². The second kappa shape index (κ2) is 8.65. The van der Waals surface area contributed by atoms with Gasteiger partial charge in [0.05, 0.1) is 23.8 Å². The molecule has 9 nitrogen and oxygen atoms in total. The fourth-order valence-corrected chi connectivity index (χ4v) is 4.87. The van der Waals surface area contributed by atoms with Crippen molar-refractivity contribution in [1.29, 1.82) is 0 Å². The lowest BCUT2D eigenvalue weighted by Crippen LogP contribution is -2.17. The number of nitrogens with one attached hydrogen (secondary N) is 1. The SMILES string of the molecule is CCOP(=O)(OCC)C(N=C1C(=O)Nc2ccc([N+](=O)[O-])cc21)c1ccccc1. The Labute approximate surface area is 167 Å². The molecule has 0 spiro atoms. The molecule has 1 amide bonds. The number of amides is 1. The van der Waals surface area contributed by atoms with Gasteiger partial charge in [-0.2, -0.15) is 0 Å². The summed E-state index contributed by atoms with van der Waals surface area (Å²) in [6.45, 7) is 3.61. The maximum Gasteiger partial charge on any atom is 0.359 e. The quantitative estimate of drug-likeness (QED) is 0.388. The van der Waals surface area contributed by atoms with Crippen LogP contribution in [0.25, 0.3) is 0 Å². The maximum absolute atomic E-state index is 13.5. The van der Waals surface area contributed by atoms with Gasteiger partial charge in [0.1, 0.15) is 5.71 Å². The topological polar surface area (TPSA) is 120 Å². The van der Waals surface area contributed by atoms with Gasteiger partial charge in [0, 0.05) is 17.7 Å². The minimum absolute atomic E-state index is 0.0582. The van der Waals surface area contributed by atoms with E-state index >= 15 is 0 Å². The van der Waals surface area contributed by atoms with Gasteiger partial charge >= 0.3 is 7.60 Å². The molecular formula is C19H20N3O6P. The van der Waals surface area contributed by atoms with E-state index in [1.807, 2.05) is 0 Å². The number of carbonyl (C=O) groups excluding carboxylic acids is 1. The molecule has 0 saturated heterocycles. The maximum atomic E-state index is 13.5. The number of nitrogens with zero attached hydrogens (tertiary/aromatic N) is 2. The van der Waals surface area contributed by atoms with Crippen LogP contribution in [0.5, 0.6) is 0 Å². The largest absolute Gasteiger partial charge is 0.359 e. The van der Waals surface area contributed by atoms with Crippen LogP contribution in [0, 0.1) is 10.1 Å². The Bertz CT molecular complexity index is 998. The van der Waals surface area contributed by atoms with Gasteiger partial charge in [-0.1, -0.05) is 30.3 Å². The first-order chi connectivity index (χ1) is 13.9. The first-order valence-electron chi connectivity index (χ1n) is 9.01. The summed E-state index contributed by atoms with van der Waals surface area (Å²) in [5, 5.41) is 13.8. The molecule has 152 valence electrons. The monoisotopic (exact) mass is 417 g/mol. The second-order valence-corrected chi connectivity index (χ2v) is 8.16. The Hall–Kier alpha value is -2.87. The van der Waals surface area contributed by atoms with E-state index in [4.69, 9.17) is 9.05 Å². The molecule has 0 aromatic heterocycles. The van der Waals surface area contributed by atoms with E-state index in [0.717, 1.165) is 0 Å². The molecule has 0 saturated carbocycles. The Morgan fingerprint density at radius 2 is 1.79 bits per heavy atom. The Morgan fingerprint density at radius 1 is 1.14 bits per heavy atom. The normalized spacial score (nSPS) is 15.8. The van der Waals surface area contributed by atoms with Crippen LogP contribution in [0.3, 0.4) is 0 Å². The van der Waals surface area contributed by atoms with Crippen LogP contribution in [0.15, 0.2) is 53.5 Å². The number of nitro groups is 1. The smallest absolute Gasteiger partial charge is 0.320 e. The van der Waals surface area contributed by atoms with E-state index in [0.29, 0.717) is 11.3 Å². The van der Waals surface area contributed by atoms with Gasteiger partial charge in [-0.25, -0.2) is 0 Å².